The van der Waals surface area contributed by atoms with Gasteiger partial charge in [-0.2, -0.15) is 0 Å². The van der Waals surface area contributed by atoms with Gasteiger partial charge in [0.2, 0.25) is 0 Å². The lowest BCUT2D eigenvalue weighted by atomic mass is 9.73. The number of rotatable bonds is 1. The number of hydrogen-bond donors (Lipinski definition) is 0. The van der Waals surface area contributed by atoms with Crippen LogP contribution in [0.3, 0.4) is 0 Å². The highest BCUT2D eigenvalue weighted by atomic mass is 14.3. The van der Waals surface area contributed by atoms with Gasteiger partial charge in [-0.15, -0.1) is 0 Å². The van der Waals surface area contributed by atoms with Crippen LogP contribution in [-0.2, 0) is 0 Å². The summed E-state index contributed by atoms with van der Waals surface area (Å²) in [6.45, 7) is 6.24. The predicted molar refractivity (Wildman–Crippen MR) is 76.1 cm³/mol. The first kappa shape index (κ1) is 10.9. The predicted octanol–water partition coefficient (Wildman–Crippen LogP) is 5.81. The largest absolute Gasteiger partial charge is 0.0602 e. The van der Waals surface area contributed by atoms with Gasteiger partial charge in [0.1, 0.15) is 0 Å². The van der Waals surface area contributed by atoms with Crippen LogP contribution in [0.15, 0.2) is 0 Å². The van der Waals surface area contributed by atoms with Crippen LogP contribution < -0.4 is 0 Å². The van der Waals surface area contributed by atoms with E-state index in [9.17, 15) is 0 Å². The fourth-order valence-corrected chi connectivity index (χ4v) is 3.95. The summed E-state index contributed by atoms with van der Waals surface area (Å²) in [4.78, 5) is 0. The Morgan fingerprint density at radius 3 is 1.82 bits per heavy atom. The van der Waals surface area contributed by atoms with Crippen LogP contribution in [0.2, 0.25) is 0 Å². The lowest BCUT2D eigenvalue weighted by Gasteiger charge is -2.33. The zero-order valence-corrected chi connectivity index (χ0v) is 12.1. The molecule has 2 bridgehead atoms. The third-order valence-electron chi connectivity index (χ3n) is 4.57. The van der Waals surface area contributed by atoms with Crippen LogP contribution in [0.25, 0.3) is 0 Å². The Morgan fingerprint density at radius 1 is 0.882 bits per heavy atom. The Morgan fingerprint density at radius 2 is 1.35 bits per heavy atom. The highest BCUT2D eigenvalue weighted by molar-refractivity contribution is 4.80. The second-order valence-corrected chi connectivity index (χ2v) is 7.51. The third-order valence-corrected chi connectivity index (χ3v) is 4.57. The first-order valence-corrected chi connectivity index (χ1v) is 7.80. The molecule has 0 aliphatic heterocycles. The van der Waals surface area contributed by atoms with E-state index in [0.717, 1.165) is 24.7 Å². The number of hydrogen-bond acceptors (Lipinski definition) is 0. The highest BCUT2D eigenvalue weighted by Crippen LogP contribution is 2.41. The molecule has 0 saturated heterocycles. The standard InChI is InChI=1S/C17H32/c1-17(2,3)13-16-11-14-7-4-5-8-15(12-16)10-6-9-14/h14-16H,4-13H2,1-3H3/i13D2. The van der Waals surface area contributed by atoms with Crippen LogP contribution in [0, 0.1) is 23.2 Å². The molecular weight excluding hydrogens is 204 g/mol. The maximum absolute atomic E-state index is 8.66. The molecule has 0 heterocycles. The van der Waals surface area contributed by atoms with Crippen molar-refractivity contribution in [2.24, 2.45) is 23.2 Å². The van der Waals surface area contributed by atoms with Crippen molar-refractivity contribution in [2.45, 2.75) is 84.9 Å². The maximum atomic E-state index is 8.66. The topological polar surface area (TPSA) is 0 Å². The highest BCUT2D eigenvalue weighted by Gasteiger charge is 2.28. The summed E-state index contributed by atoms with van der Waals surface area (Å²) in [7, 11) is 0. The van der Waals surface area contributed by atoms with E-state index >= 15 is 0 Å². The molecule has 2 atom stereocenters. The maximum Gasteiger partial charge on any atom is 0.0275 e. The van der Waals surface area contributed by atoms with Gasteiger partial charge in [0.05, 0.1) is 0 Å². The van der Waals surface area contributed by atoms with Crippen molar-refractivity contribution in [3.63, 3.8) is 0 Å². The van der Waals surface area contributed by atoms with E-state index < -0.39 is 6.37 Å². The fraction of sp³-hybridized carbons (Fsp3) is 1.00. The lowest BCUT2D eigenvalue weighted by Crippen LogP contribution is -2.21. The third kappa shape index (κ3) is 4.64. The molecule has 3 aliphatic carbocycles. The summed E-state index contributed by atoms with van der Waals surface area (Å²) in [6.07, 6.45) is 10.8. The summed E-state index contributed by atoms with van der Waals surface area (Å²) >= 11 is 0. The molecule has 0 aromatic heterocycles. The molecule has 0 amide bonds. The smallest absolute Gasteiger partial charge is 0.0275 e. The Labute approximate surface area is 111 Å². The fourth-order valence-electron chi connectivity index (χ4n) is 3.95. The molecule has 0 aromatic rings. The first-order valence-electron chi connectivity index (χ1n) is 8.80. The first-order chi connectivity index (χ1) is 8.80. The van der Waals surface area contributed by atoms with E-state index in [-0.39, 0.29) is 11.3 Å². The van der Waals surface area contributed by atoms with Crippen molar-refractivity contribution >= 4 is 0 Å². The van der Waals surface area contributed by atoms with Gasteiger partial charge in [-0.25, -0.2) is 0 Å². The SMILES string of the molecule is [2H]C([2H])(C1CC2CCCCC(CCC2)C1)C(C)(C)C. The molecular formula is C17H32. The van der Waals surface area contributed by atoms with E-state index in [2.05, 4.69) is 20.8 Å². The van der Waals surface area contributed by atoms with E-state index in [1.807, 2.05) is 0 Å². The quantitative estimate of drug-likeness (QED) is 0.541. The molecule has 0 radical (unpaired) electrons. The monoisotopic (exact) mass is 238 g/mol. The van der Waals surface area contributed by atoms with Gasteiger partial charge >= 0.3 is 0 Å². The van der Waals surface area contributed by atoms with Gasteiger partial charge < -0.3 is 0 Å². The summed E-state index contributed by atoms with van der Waals surface area (Å²) in [5.41, 5.74) is -0.236. The van der Waals surface area contributed by atoms with E-state index in [1.165, 1.54) is 44.9 Å². The van der Waals surface area contributed by atoms with Gasteiger partial charge in [0, 0.05) is 2.74 Å². The van der Waals surface area contributed by atoms with Crippen LogP contribution in [0.1, 0.15) is 87.7 Å². The molecule has 0 aromatic carbocycles. The Bertz CT molecular complexity index is 270. The van der Waals surface area contributed by atoms with E-state index in [0.29, 0.717) is 0 Å². The van der Waals surface area contributed by atoms with Gasteiger partial charge in [-0.3, -0.25) is 0 Å². The van der Waals surface area contributed by atoms with Gasteiger partial charge in [0.25, 0.3) is 0 Å². The second-order valence-electron chi connectivity index (χ2n) is 7.51. The molecule has 3 saturated carbocycles. The molecule has 0 N–H and O–H groups in total. The molecule has 17 heavy (non-hydrogen) atoms. The van der Waals surface area contributed by atoms with Gasteiger partial charge in [0.15, 0.2) is 0 Å². The van der Waals surface area contributed by atoms with Crippen LogP contribution in [0.4, 0.5) is 0 Å². The number of fused-ring (bicyclic) bond motifs is 7. The average Bonchev–Trinajstić information content (AvgIpc) is 2.42. The minimum Gasteiger partial charge on any atom is -0.0602 e. The van der Waals surface area contributed by atoms with Crippen molar-refractivity contribution in [2.75, 3.05) is 0 Å². The zero-order chi connectivity index (χ0) is 14.1. The normalized spacial score (nSPS) is 38.4. The molecule has 3 rings (SSSR count). The second kappa shape index (κ2) is 5.76. The van der Waals surface area contributed by atoms with Crippen molar-refractivity contribution in [1.29, 1.82) is 0 Å². The van der Waals surface area contributed by atoms with Gasteiger partial charge in [-0.05, 0) is 42.4 Å². The molecule has 2 unspecified atom stereocenters. The van der Waals surface area contributed by atoms with Gasteiger partial charge in [-0.1, -0.05) is 65.7 Å². The summed E-state index contributed by atoms with van der Waals surface area (Å²) in [5.74, 6) is 1.86. The summed E-state index contributed by atoms with van der Waals surface area (Å²) in [5, 5.41) is 0. The Kier molecular flexibility index (Phi) is 3.69. The van der Waals surface area contributed by atoms with Crippen LogP contribution in [-0.4, -0.2) is 0 Å². The molecule has 3 aliphatic rings. The minimum atomic E-state index is -1.02. The van der Waals surface area contributed by atoms with Crippen LogP contribution in [0.5, 0.6) is 0 Å². The Balaban J connectivity index is 2.20. The van der Waals surface area contributed by atoms with Crippen molar-refractivity contribution in [3.8, 4) is 0 Å². The molecule has 3 fully saturated rings. The average molecular weight is 238 g/mol. The summed E-state index contributed by atoms with van der Waals surface area (Å²) < 4.78 is 17.3. The van der Waals surface area contributed by atoms with Crippen molar-refractivity contribution < 1.29 is 2.74 Å². The molecule has 100 valence electrons. The summed E-state index contributed by atoms with van der Waals surface area (Å²) in [6, 6.07) is 0. The van der Waals surface area contributed by atoms with Crippen LogP contribution >= 0.6 is 0 Å². The van der Waals surface area contributed by atoms with Crippen molar-refractivity contribution in [1.82, 2.24) is 0 Å². The van der Waals surface area contributed by atoms with E-state index in [4.69, 9.17) is 2.74 Å². The minimum absolute atomic E-state index is 0.236. The molecule has 0 heteroatoms. The molecule has 0 nitrogen and oxygen atoms in total. The van der Waals surface area contributed by atoms with E-state index in [1.54, 1.807) is 0 Å². The molecule has 0 spiro atoms. The Hall–Kier alpha value is 0. The zero-order valence-electron chi connectivity index (χ0n) is 14.1. The lowest BCUT2D eigenvalue weighted by molar-refractivity contribution is 0.188. The van der Waals surface area contributed by atoms with Crippen molar-refractivity contribution in [3.05, 3.63) is 0 Å².